The predicted molar refractivity (Wildman–Crippen MR) is 193 cm³/mol. The van der Waals surface area contributed by atoms with Gasteiger partial charge in [0.1, 0.15) is 16.4 Å². The minimum atomic E-state index is -1.04. The molecule has 0 aliphatic rings. The highest BCUT2D eigenvalue weighted by atomic mass is 35.5. The molecule has 10 nitrogen and oxygen atoms in total. The highest BCUT2D eigenvalue weighted by Gasteiger charge is 2.27. The summed E-state index contributed by atoms with van der Waals surface area (Å²) in [5.41, 5.74) is 1.44. The Morgan fingerprint density at radius 1 is 0.882 bits per heavy atom. The molecule has 0 radical (unpaired) electrons. The molecule has 268 valence electrons. The molecule has 1 atom stereocenters. The summed E-state index contributed by atoms with van der Waals surface area (Å²) >= 11 is 12.8. The Labute approximate surface area is 305 Å². The van der Waals surface area contributed by atoms with Gasteiger partial charge < -0.3 is 30.5 Å². The van der Waals surface area contributed by atoms with E-state index in [0.29, 0.717) is 18.7 Å². The summed E-state index contributed by atoms with van der Waals surface area (Å²) in [6.07, 6.45) is 0.714. The topological polar surface area (TPSA) is 143 Å². The molecular weight excluding hydrogens is 700 g/mol. The first-order chi connectivity index (χ1) is 24.2. The van der Waals surface area contributed by atoms with Crippen LogP contribution in [-0.2, 0) is 27.2 Å². The third-order valence-corrected chi connectivity index (χ3v) is 7.98. The Morgan fingerprint density at radius 2 is 1.55 bits per heavy atom. The first-order valence-corrected chi connectivity index (χ1v) is 16.8. The second-order valence-corrected chi connectivity index (χ2v) is 13.3. The molecule has 4 N–H and O–H groups in total. The van der Waals surface area contributed by atoms with Gasteiger partial charge in [-0.2, -0.15) is 0 Å². The van der Waals surface area contributed by atoms with Gasteiger partial charge in [0.2, 0.25) is 0 Å². The van der Waals surface area contributed by atoms with Crippen LogP contribution in [0.2, 0.25) is 10.0 Å². The smallest absolute Gasteiger partial charge is 0.343 e. The predicted octanol–water partition coefficient (Wildman–Crippen LogP) is 6.55. The maximum atomic E-state index is 13.4. The zero-order valence-corrected chi connectivity index (χ0v) is 29.7. The fourth-order valence-corrected chi connectivity index (χ4v) is 5.36. The summed E-state index contributed by atoms with van der Waals surface area (Å²) in [6, 6.07) is 21.1. The van der Waals surface area contributed by atoms with Crippen LogP contribution in [0.25, 0.3) is 0 Å². The summed E-state index contributed by atoms with van der Waals surface area (Å²) in [7, 11) is 0. The van der Waals surface area contributed by atoms with E-state index in [1.165, 1.54) is 24.3 Å². The number of amides is 1. The fourth-order valence-electron chi connectivity index (χ4n) is 4.83. The average molecular weight is 739 g/mol. The van der Waals surface area contributed by atoms with Crippen molar-refractivity contribution >= 4 is 52.5 Å². The van der Waals surface area contributed by atoms with Gasteiger partial charge in [0.05, 0.1) is 35.3 Å². The van der Waals surface area contributed by atoms with E-state index in [2.05, 4.69) is 16.0 Å². The fraction of sp³-hybridized carbons (Fsp3) is 0.263. The standard InChI is InChI=1S/C38H38Cl2FN3O7/c1-38(2,3)51-32(46)22-42-18-17-23-9-11-25(12-10-23)37(49)50-35-29(39)20-28(34(47)33(35)40)36(48)44-30(19-24-7-5-4-6-8-24)31(45)21-43-27-15-13-26(41)14-16-27/h4-16,20,30,42-43,47H,17-19,21-22H2,1-3H3,(H,44,48)/t30-/m0/s1. The maximum Gasteiger partial charge on any atom is 0.343 e. The lowest BCUT2D eigenvalue weighted by molar-refractivity contribution is -0.153. The molecule has 0 fully saturated rings. The number of phenols is 1. The van der Waals surface area contributed by atoms with Gasteiger partial charge in [0.15, 0.2) is 17.3 Å². The molecule has 0 saturated heterocycles. The molecule has 0 aliphatic carbocycles. The van der Waals surface area contributed by atoms with Gasteiger partial charge in [-0.3, -0.25) is 14.4 Å². The molecule has 0 unspecified atom stereocenters. The van der Waals surface area contributed by atoms with Crippen molar-refractivity contribution in [1.82, 2.24) is 10.6 Å². The van der Waals surface area contributed by atoms with Gasteiger partial charge >= 0.3 is 11.9 Å². The van der Waals surface area contributed by atoms with E-state index in [1.807, 2.05) is 6.07 Å². The van der Waals surface area contributed by atoms with Gasteiger partial charge in [-0.1, -0.05) is 65.7 Å². The van der Waals surface area contributed by atoms with E-state index in [0.717, 1.165) is 17.2 Å². The second-order valence-electron chi connectivity index (χ2n) is 12.5. The number of Topliss-reactive ketones (excluding diaryl/α,β-unsaturated/α-hetero) is 1. The summed E-state index contributed by atoms with van der Waals surface area (Å²) in [5, 5.41) is 18.8. The number of carbonyl (C=O) groups is 4. The normalized spacial score (nSPS) is 11.7. The lowest BCUT2D eigenvalue weighted by Crippen LogP contribution is -2.44. The number of anilines is 1. The maximum absolute atomic E-state index is 13.4. The van der Waals surface area contributed by atoms with Crippen LogP contribution in [0.5, 0.6) is 11.5 Å². The molecule has 1 amide bonds. The third-order valence-electron chi connectivity index (χ3n) is 7.35. The monoisotopic (exact) mass is 737 g/mol. The van der Waals surface area contributed by atoms with Crippen LogP contribution in [0, 0.1) is 5.82 Å². The highest BCUT2D eigenvalue weighted by Crippen LogP contribution is 2.42. The molecule has 0 aliphatic heterocycles. The minimum Gasteiger partial charge on any atom is -0.505 e. The summed E-state index contributed by atoms with van der Waals surface area (Å²) < 4.78 is 24.0. The molecular formula is C38H38Cl2FN3O7. The Kier molecular flexibility index (Phi) is 13.6. The first kappa shape index (κ1) is 38.8. The molecule has 4 aromatic carbocycles. The molecule has 0 bridgehead atoms. The number of nitrogens with one attached hydrogen (secondary N) is 3. The number of carbonyl (C=O) groups excluding carboxylic acids is 4. The number of hydrogen-bond donors (Lipinski definition) is 4. The van der Waals surface area contributed by atoms with Gasteiger partial charge in [0, 0.05) is 5.69 Å². The van der Waals surface area contributed by atoms with Gasteiger partial charge in [0.25, 0.3) is 5.91 Å². The van der Waals surface area contributed by atoms with Crippen molar-refractivity contribution in [3.05, 3.63) is 123 Å². The Balaban J connectivity index is 1.40. The minimum absolute atomic E-state index is 0.0687. The molecule has 4 aromatic rings. The largest absolute Gasteiger partial charge is 0.505 e. The number of ether oxygens (including phenoxy) is 2. The molecule has 0 saturated carbocycles. The summed E-state index contributed by atoms with van der Waals surface area (Å²) in [5.74, 6) is -3.88. The van der Waals surface area contributed by atoms with E-state index in [1.54, 1.807) is 69.3 Å². The van der Waals surface area contributed by atoms with Crippen molar-refractivity contribution in [3.8, 4) is 11.5 Å². The van der Waals surface area contributed by atoms with E-state index in [9.17, 15) is 28.7 Å². The van der Waals surface area contributed by atoms with E-state index < -0.39 is 40.1 Å². The third kappa shape index (κ3) is 11.8. The number of esters is 2. The number of benzene rings is 4. The van der Waals surface area contributed by atoms with Crippen molar-refractivity contribution < 1.29 is 38.1 Å². The van der Waals surface area contributed by atoms with Crippen LogP contribution in [0.4, 0.5) is 10.1 Å². The van der Waals surface area contributed by atoms with E-state index in [4.69, 9.17) is 32.7 Å². The molecule has 0 spiro atoms. The van der Waals surface area contributed by atoms with Crippen molar-refractivity contribution in [2.75, 3.05) is 25.0 Å². The van der Waals surface area contributed by atoms with E-state index >= 15 is 0 Å². The quantitative estimate of drug-likeness (QED) is 0.0607. The number of ketones is 1. The lowest BCUT2D eigenvalue weighted by Gasteiger charge is -2.20. The van der Waals surface area contributed by atoms with Crippen LogP contribution in [0.15, 0.2) is 84.9 Å². The summed E-state index contributed by atoms with van der Waals surface area (Å²) in [4.78, 5) is 51.5. The van der Waals surface area contributed by atoms with Crippen molar-refractivity contribution in [3.63, 3.8) is 0 Å². The number of hydrogen-bond acceptors (Lipinski definition) is 9. The van der Waals surface area contributed by atoms with Crippen LogP contribution >= 0.6 is 23.2 Å². The zero-order chi connectivity index (χ0) is 37.1. The zero-order valence-electron chi connectivity index (χ0n) is 28.2. The van der Waals surface area contributed by atoms with Crippen molar-refractivity contribution in [2.45, 2.75) is 45.3 Å². The molecule has 0 heterocycles. The number of rotatable bonds is 15. The average Bonchev–Trinajstić information content (AvgIpc) is 3.09. The molecule has 51 heavy (non-hydrogen) atoms. The second kappa shape index (κ2) is 17.8. The Morgan fingerprint density at radius 3 is 2.20 bits per heavy atom. The van der Waals surface area contributed by atoms with Crippen LogP contribution < -0.4 is 20.7 Å². The van der Waals surface area contributed by atoms with E-state index in [-0.39, 0.29) is 53.2 Å². The Bertz CT molecular complexity index is 1850. The van der Waals surface area contributed by atoms with Crippen LogP contribution in [-0.4, -0.2) is 60.0 Å². The van der Waals surface area contributed by atoms with Gasteiger partial charge in [-0.15, -0.1) is 0 Å². The van der Waals surface area contributed by atoms with Crippen LogP contribution in [0.1, 0.15) is 52.6 Å². The van der Waals surface area contributed by atoms with Crippen molar-refractivity contribution in [2.24, 2.45) is 0 Å². The molecule has 4 rings (SSSR count). The van der Waals surface area contributed by atoms with Crippen LogP contribution in [0.3, 0.4) is 0 Å². The highest BCUT2D eigenvalue weighted by molar-refractivity contribution is 6.39. The molecule has 0 aromatic heterocycles. The number of aromatic hydroxyl groups is 1. The number of phenolic OH excluding ortho intramolecular Hbond substituents is 1. The van der Waals surface area contributed by atoms with Crippen molar-refractivity contribution in [1.29, 1.82) is 0 Å². The van der Waals surface area contributed by atoms with Gasteiger partial charge in [-0.05, 0) is 93.7 Å². The van der Waals surface area contributed by atoms with Gasteiger partial charge in [-0.25, -0.2) is 9.18 Å². The molecule has 13 heteroatoms. The summed E-state index contributed by atoms with van der Waals surface area (Å²) in [6.45, 7) is 5.77. The Hall–Kier alpha value is -4.97. The SMILES string of the molecule is CC(C)(C)OC(=O)CNCCc1ccc(C(=O)Oc2c(Cl)cc(C(=O)N[C@@H](Cc3ccccc3)C(=O)CNc3ccc(F)cc3)c(O)c2Cl)cc1. The lowest BCUT2D eigenvalue weighted by atomic mass is 10.0. The number of halogens is 3. The first-order valence-electron chi connectivity index (χ1n) is 16.0.